The van der Waals surface area contributed by atoms with Gasteiger partial charge in [-0.15, -0.1) is 0 Å². The molecule has 0 bridgehead atoms. The van der Waals surface area contributed by atoms with Crippen LogP contribution in [0.5, 0.6) is 0 Å². The van der Waals surface area contributed by atoms with Crippen molar-refractivity contribution in [3.8, 4) is 0 Å². The van der Waals surface area contributed by atoms with Crippen LogP contribution in [0.2, 0.25) is 0 Å². The molecule has 0 amide bonds. The average molecular weight is 274 g/mol. The molecule has 0 aliphatic rings. The van der Waals surface area contributed by atoms with Gasteiger partial charge in [0.05, 0.1) is 12.2 Å². The normalized spacial score (nSPS) is 12.5. The molecule has 0 unspecified atom stereocenters. The number of carboxylic acid groups (broad SMARTS) is 1. The number of carbonyl (C=O) groups is 2. The molecule has 5 heteroatoms. The average Bonchev–Trinajstić information content (AvgIpc) is 2.27. The maximum absolute atomic E-state index is 12.5. The van der Waals surface area contributed by atoms with Crippen molar-refractivity contribution in [2.75, 3.05) is 0 Å². The SMILES string of the molecule is CCC(CC)C(=O)C(OC(C)C)(OC(C)C)C(=O)O. The number of hydrogen-bond donors (Lipinski definition) is 1. The minimum absolute atomic E-state index is 0.381. The van der Waals surface area contributed by atoms with Crippen LogP contribution < -0.4 is 0 Å². The summed E-state index contributed by atoms with van der Waals surface area (Å²) in [6, 6.07) is 0. The summed E-state index contributed by atoms with van der Waals surface area (Å²) in [4.78, 5) is 24.1. The smallest absolute Gasteiger partial charge is 0.372 e. The predicted molar refractivity (Wildman–Crippen MR) is 71.9 cm³/mol. The van der Waals surface area contributed by atoms with Crippen LogP contribution in [0.4, 0.5) is 0 Å². The van der Waals surface area contributed by atoms with E-state index in [2.05, 4.69) is 0 Å². The summed E-state index contributed by atoms with van der Waals surface area (Å²) in [5.74, 6) is -4.47. The number of ether oxygens (including phenoxy) is 2. The summed E-state index contributed by atoms with van der Waals surface area (Å²) in [6.45, 7) is 10.4. The largest absolute Gasteiger partial charge is 0.477 e. The zero-order valence-electron chi connectivity index (χ0n) is 12.7. The molecule has 0 aromatic heterocycles. The van der Waals surface area contributed by atoms with Gasteiger partial charge in [0, 0.05) is 5.92 Å². The Kier molecular flexibility index (Phi) is 7.23. The molecule has 0 radical (unpaired) electrons. The second-order valence-corrected chi connectivity index (χ2v) is 5.13. The highest BCUT2D eigenvalue weighted by atomic mass is 16.7. The second-order valence-electron chi connectivity index (χ2n) is 5.13. The first-order chi connectivity index (χ1) is 8.71. The third-order valence-electron chi connectivity index (χ3n) is 2.77. The Hall–Kier alpha value is -0.940. The van der Waals surface area contributed by atoms with Crippen LogP contribution in [-0.2, 0) is 19.1 Å². The highest BCUT2D eigenvalue weighted by molar-refractivity contribution is 6.06. The lowest BCUT2D eigenvalue weighted by Crippen LogP contribution is -2.56. The Bertz CT molecular complexity index is 295. The lowest BCUT2D eigenvalue weighted by Gasteiger charge is -2.33. The van der Waals surface area contributed by atoms with Crippen molar-refractivity contribution in [3.05, 3.63) is 0 Å². The summed E-state index contributed by atoms with van der Waals surface area (Å²) in [5, 5.41) is 9.46. The van der Waals surface area contributed by atoms with Gasteiger partial charge in [-0.25, -0.2) is 4.79 Å². The Balaban J connectivity index is 5.54. The molecule has 112 valence electrons. The van der Waals surface area contributed by atoms with Crippen LogP contribution in [0, 0.1) is 5.92 Å². The molecule has 1 N–H and O–H groups in total. The summed E-state index contributed by atoms with van der Waals surface area (Å²) in [6.07, 6.45) is 0.280. The van der Waals surface area contributed by atoms with Gasteiger partial charge in [0.15, 0.2) is 0 Å². The first kappa shape index (κ1) is 18.1. The van der Waals surface area contributed by atoms with E-state index in [1.807, 2.05) is 13.8 Å². The maximum Gasteiger partial charge on any atom is 0.372 e. The first-order valence-corrected chi connectivity index (χ1v) is 6.84. The van der Waals surface area contributed by atoms with E-state index in [0.29, 0.717) is 12.8 Å². The molecular weight excluding hydrogens is 248 g/mol. The molecule has 19 heavy (non-hydrogen) atoms. The van der Waals surface area contributed by atoms with E-state index in [1.54, 1.807) is 27.7 Å². The molecule has 0 aromatic rings. The quantitative estimate of drug-likeness (QED) is 0.517. The Morgan fingerprint density at radius 3 is 1.58 bits per heavy atom. The lowest BCUT2D eigenvalue weighted by molar-refractivity contribution is -0.258. The van der Waals surface area contributed by atoms with E-state index in [-0.39, 0.29) is 5.92 Å². The highest BCUT2D eigenvalue weighted by Crippen LogP contribution is 2.26. The zero-order valence-corrected chi connectivity index (χ0v) is 12.7. The number of ketones is 1. The number of Topliss-reactive ketones (excluding diaryl/α,β-unsaturated/α-hetero) is 1. The van der Waals surface area contributed by atoms with Crippen LogP contribution in [0.25, 0.3) is 0 Å². The van der Waals surface area contributed by atoms with E-state index < -0.39 is 29.7 Å². The zero-order chi connectivity index (χ0) is 15.2. The fourth-order valence-electron chi connectivity index (χ4n) is 1.94. The van der Waals surface area contributed by atoms with Crippen LogP contribution in [0.3, 0.4) is 0 Å². The second kappa shape index (κ2) is 7.60. The fourth-order valence-corrected chi connectivity index (χ4v) is 1.94. The summed E-state index contributed by atoms with van der Waals surface area (Å²) < 4.78 is 10.8. The Morgan fingerprint density at radius 2 is 1.37 bits per heavy atom. The third kappa shape index (κ3) is 4.58. The molecule has 5 nitrogen and oxygen atoms in total. The molecule has 0 aliphatic carbocycles. The van der Waals surface area contributed by atoms with Crippen molar-refractivity contribution < 1.29 is 24.2 Å². The molecule has 0 saturated heterocycles. The van der Waals surface area contributed by atoms with Gasteiger partial charge in [-0.05, 0) is 40.5 Å². The van der Waals surface area contributed by atoms with Crippen molar-refractivity contribution >= 4 is 11.8 Å². The number of aliphatic carboxylic acids is 1. The predicted octanol–water partition coefficient (Wildman–Crippen LogP) is 2.62. The number of rotatable bonds is 9. The van der Waals surface area contributed by atoms with E-state index in [9.17, 15) is 14.7 Å². The van der Waals surface area contributed by atoms with Crippen LogP contribution >= 0.6 is 0 Å². The van der Waals surface area contributed by atoms with Crippen molar-refractivity contribution in [3.63, 3.8) is 0 Å². The fraction of sp³-hybridized carbons (Fsp3) is 0.857. The molecule has 0 saturated carbocycles. The van der Waals surface area contributed by atoms with Crippen molar-refractivity contribution in [2.45, 2.75) is 72.4 Å². The molecular formula is C14H26O5. The van der Waals surface area contributed by atoms with Crippen molar-refractivity contribution in [1.29, 1.82) is 0 Å². The molecule has 0 atom stereocenters. The van der Waals surface area contributed by atoms with Crippen LogP contribution in [-0.4, -0.2) is 34.9 Å². The van der Waals surface area contributed by atoms with E-state index >= 15 is 0 Å². The van der Waals surface area contributed by atoms with Gasteiger partial charge in [0.25, 0.3) is 0 Å². The molecule has 0 aliphatic heterocycles. The van der Waals surface area contributed by atoms with E-state index in [4.69, 9.17) is 9.47 Å². The lowest BCUT2D eigenvalue weighted by atomic mass is 9.92. The van der Waals surface area contributed by atoms with Gasteiger partial charge >= 0.3 is 11.8 Å². The van der Waals surface area contributed by atoms with Gasteiger partial charge in [-0.2, -0.15) is 0 Å². The molecule has 0 fully saturated rings. The minimum Gasteiger partial charge on any atom is -0.477 e. The molecule has 0 rings (SSSR count). The van der Waals surface area contributed by atoms with E-state index in [0.717, 1.165) is 0 Å². The van der Waals surface area contributed by atoms with Crippen LogP contribution in [0.1, 0.15) is 54.4 Å². The van der Waals surface area contributed by atoms with Gasteiger partial charge in [0.1, 0.15) is 0 Å². The highest BCUT2D eigenvalue weighted by Gasteiger charge is 2.52. The topological polar surface area (TPSA) is 72.8 Å². The maximum atomic E-state index is 12.5. The Labute approximate surface area is 115 Å². The van der Waals surface area contributed by atoms with Gasteiger partial charge in [-0.1, -0.05) is 13.8 Å². The molecule has 0 heterocycles. The number of carboxylic acids is 1. The summed E-state index contributed by atoms with van der Waals surface area (Å²) >= 11 is 0. The first-order valence-electron chi connectivity index (χ1n) is 6.84. The summed E-state index contributed by atoms with van der Waals surface area (Å²) in [5.41, 5.74) is 0. The molecule has 0 spiro atoms. The number of carbonyl (C=O) groups excluding carboxylic acids is 1. The Morgan fingerprint density at radius 1 is 1.00 bits per heavy atom. The third-order valence-corrected chi connectivity index (χ3v) is 2.77. The minimum atomic E-state index is -2.20. The molecule has 0 aromatic carbocycles. The van der Waals surface area contributed by atoms with Crippen molar-refractivity contribution in [1.82, 2.24) is 0 Å². The standard InChI is InChI=1S/C14H26O5/c1-7-11(8-2)12(15)14(13(16)17,18-9(3)4)19-10(5)6/h9-11H,7-8H2,1-6H3,(H,16,17). The summed E-state index contributed by atoms with van der Waals surface area (Å²) in [7, 11) is 0. The van der Waals surface area contributed by atoms with E-state index in [1.165, 1.54) is 0 Å². The van der Waals surface area contributed by atoms with Crippen molar-refractivity contribution in [2.24, 2.45) is 5.92 Å². The van der Waals surface area contributed by atoms with Gasteiger partial charge in [-0.3, -0.25) is 4.79 Å². The monoisotopic (exact) mass is 274 g/mol. The van der Waals surface area contributed by atoms with Gasteiger partial charge < -0.3 is 14.6 Å². The van der Waals surface area contributed by atoms with Crippen LogP contribution in [0.15, 0.2) is 0 Å². The van der Waals surface area contributed by atoms with Gasteiger partial charge in [0.2, 0.25) is 5.78 Å². The number of hydrogen-bond acceptors (Lipinski definition) is 4.